The molecule has 0 aromatic carbocycles. The summed E-state index contributed by atoms with van der Waals surface area (Å²) in [6, 6.07) is 0.290. The molecule has 4 nitrogen and oxygen atoms in total. The number of rotatable bonds is 5. The molecular formula is C14H28N2O2. The molecule has 1 aliphatic rings. The van der Waals surface area contributed by atoms with Crippen molar-refractivity contribution < 1.29 is 9.90 Å². The maximum absolute atomic E-state index is 12.0. The first-order valence-electron chi connectivity index (χ1n) is 6.97. The van der Waals surface area contributed by atoms with Gasteiger partial charge < -0.3 is 10.4 Å². The number of carbonyl (C=O) groups is 1. The van der Waals surface area contributed by atoms with Gasteiger partial charge in [-0.25, -0.2) is 0 Å². The average Bonchev–Trinajstić information content (AvgIpc) is 2.64. The summed E-state index contributed by atoms with van der Waals surface area (Å²) in [5, 5.41) is 13.1. The Bertz CT molecular complexity index is 284. The van der Waals surface area contributed by atoms with E-state index in [4.69, 9.17) is 0 Å². The highest BCUT2D eigenvalue weighted by atomic mass is 16.3. The van der Waals surface area contributed by atoms with Crippen LogP contribution in [0.4, 0.5) is 0 Å². The smallest absolute Gasteiger partial charge is 0.234 e. The molecule has 1 heterocycles. The fourth-order valence-corrected chi connectivity index (χ4v) is 2.47. The van der Waals surface area contributed by atoms with E-state index in [-0.39, 0.29) is 18.0 Å². The molecule has 2 atom stereocenters. The number of aliphatic hydroxyl groups is 1. The largest absolute Gasteiger partial charge is 0.389 e. The summed E-state index contributed by atoms with van der Waals surface area (Å²) in [5.74, 6) is 0.505. The Morgan fingerprint density at radius 3 is 2.56 bits per heavy atom. The molecule has 1 amide bonds. The van der Waals surface area contributed by atoms with Gasteiger partial charge in [0.05, 0.1) is 12.1 Å². The molecule has 18 heavy (non-hydrogen) atoms. The fourth-order valence-electron chi connectivity index (χ4n) is 2.47. The van der Waals surface area contributed by atoms with E-state index in [1.165, 1.54) is 0 Å². The minimum Gasteiger partial charge on any atom is -0.389 e. The Morgan fingerprint density at radius 1 is 1.44 bits per heavy atom. The Kier molecular flexibility index (Phi) is 5.17. The molecule has 1 saturated heterocycles. The molecule has 0 spiro atoms. The zero-order valence-corrected chi connectivity index (χ0v) is 12.4. The summed E-state index contributed by atoms with van der Waals surface area (Å²) in [4.78, 5) is 14.1. The number of carbonyl (C=O) groups excluding carboxylic acids is 1. The molecule has 0 aliphatic carbocycles. The van der Waals surface area contributed by atoms with Crippen molar-refractivity contribution in [2.24, 2.45) is 5.92 Å². The normalized spacial score (nSPS) is 23.4. The van der Waals surface area contributed by atoms with Crippen LogP contribution < -0.4 is 5.32 Å². The van der Waals surface area contributed by atoms with E-state index in [0.29, 0.717) is 12.5 Å². The Morgan fingerprint density at radius 2 is 2.06 bits per heavy atom. The van der Waals surface area contributed by atoms with Gasteiger partial charge in [0.2, 0.25) is 5.91 Å². The number of amides is 1. The molecule has 0 bridgehead atoms. The first kappa shape index (κ1) is 15.4. The fraction of sp³-hybridized carbons (Fsp3) is 0.929. The Balaban J connectivity index is 2.49. The second-order valence-electron chi connectivity index (χ2n) is 6.38. The zero-order chi connectivity index (χ0) is 13.9. The lowest BCUT2D eigenvalue weighted by atomic mass is 9.96. The third-order valence-electron chi connectivity index (χ3n) is 3.91. The minimum absolute atomic E-state index is 0.0624. The van der Waals surface area contributed by atoms with Gasteiger partial charge in [0, 0.05) is 12.1 Å². The number of hydrogen-bond donors (Lipinski definition) is 2. The van der Waals surface area contributed by atoms with E-state index < -0.39 is 5.60 Å². The molecule has 0 aromatic heterocycles. The van der Waals surface area contributed by atoms with Crippen molar-refractivity contribution in [3.05, 3.63) is 0 Å². The van der Waals surface area contributed by atoms with E-state index in [2.05, 4.69) is 24.1 Å². The van der Waals surface area contributed by atoms with E-state index >= 15 is 0 Å². The third kappa shape index (κ3) is 4.25. The molecule has 1 rings (SSSR count). The zero-order valence-electron chi connectivity index (χ0n) is 12.4. The van der Waals surface area contributed by atoms with Crippen LogP contribution in [0.1, 0.15) is 47.5 Å². The molecule has 0 radical (unpaired) electrons. The van der Waals surface area contributed by atoms with Gasteiger partial charge in [0.25, 0.3) is 0 Å². The summed E-state index contributed by atoms with van der Waals surface area (Å²) >= 11 is 0. The standard InChI is InChI=1S/C14H28N2O2/c1-10(2)11(3)15-13(17)9-16-8-6-7-12(16)14(4,5)18/h10-12,18H,6-9H2,1-5H3,(H,15,17). The number of nitrogens with zero attached hydrogens (tertiary/aromatic N) is 1. The van der Waals surface area contributed by atoms with Crippen LogP contribution in [0.3, 0.4) is 0 Å². The lowest BCUT2D eigenvalue weighted by Crippen LogP contribution is -2.50. The van der Waals surface area contributed by atoms with Crippen molar-refractivity contribution in [1.82, 2.24) is 10.2 Å². The van der Waals surface area contributed by atoms with Crippen molar-refractivity contribution >= 4 is 5.91 Å². The predicted molar refractivity (Wildman–Crippen MR) is 73.3 cm³/mol. The summed E-state index contributed by atoms with van der Waals surface area (Å²) in [6.45, 7) is 11.2. The summed E-state index contributed by atoms with van der Waals surface area (Å²) < 4.78 is 0. The van der Waals surface area contributed by atoms with Crippen LogP contribution in [-0.4, -0.2) is 46.7 Å². The first-order valence-corrected chi connectivity index (χ1v) is 6.97. The summed E-state index contributed by atoms with van der Waals surface area (Å²) in [6.07, 6.45) is 2.03. The molecular weight excluding hydrogens is 228 g/mol. The quantitative estimate of drug-likeness (QED) is 0.781. The monoisotopic (exact) mass is 256 g/mol. The molecule has 0 saturated carbocycles. The van der Waals surface area contributed by atoms with Crippen LogP contribution in [0.15, 0.2) is 0 Å². The van der Waals surface area contributed by atoms with Crippen LogP contribution in [-0.2, 0) is 4.79 Å². The summed E-state index contributed by atoms with van der Waals surface area (Å²) in [5.41, 5.74) is -0.736. The van der Waals surface area contributed by atoms with E-state index in [0.717, 1.165) is 19.4 Å². The summed E-state index contributed by atoms with van der Waals surface area (Å²) in [7, 11) is 0. The Labute approximate surface area is 111 Å². The predicted octanol–water partition coefficient (Wildman–Crippen LogP) is 1.38. The maximum Gasteiger partial charge on any atom is 0.234 e. The van der Waals surface area contributed by atoms with Crippen molar-refractivity contribution in [2.45, 2.75) is 65.1 Å². The van der Waals surface area contributed by atoms with Gasteiger partial charge >= 0.3 is 0 Å². The van der Waals surface area contributed by atoms with Gasteiger partial charge in [0.1, 0.15) is 0 Å². The Hall–Kier alpha value is -0.610. The van der Waals surface area contributed by atoms with Crippen LogP contribution in [0.25, 0.3) is 0 Å². The number of hydrogen-bond acceptors (Lipinski definition) is 3. The third-order valence-corrected chi connectivity index (χ3v) is 3.91. The van der Waals surface area contributed by atoms with E-state index in [9.17, 15) is 9.90 Å². The van der Waals surface area contributed by atoms with E-state index in [1.54, 1.807) is 0 Å². The van der Waals surface area contributed by atoms with Crippen LogP contribution in [0.5, 0.6) is 0 Å². The lowest BCUT2D eigenvalue weighted by Gasteiger charge is -2.33. The van der Waals surface area contributed by atoms with Crippen LogP contribution in [0.2, 0.25) is 0 Å². The molecule has 1 aliphatic heterocycles. The average molecular weight is 256 g/mol. The second kappa shape index (κ2) is 6.02. The number of likely N-dealkylation sites (tertiary alicyclic amines) is 1. The molecule has 4 heteroatoms. The van der Waals surface area contributed by atoms with Gasteiger partial charge in [-0.15, -0.1) is 0 Å². The minimum atomic E-state index is -0.736. The van der Waals surface area contributed by atoms with Crippen molar-refractivity contribution in [3.63, 3.8) is 0 Å². The van der Waals surface area contributed by atoms with Crippen molar-refractivity contribution in [1.29, 1.82) is 0 Å². The SMILES string of the molecule is CC(C)C(C)NC(=O)CN1CCCC1C(C)(C)O. The van der Waals surface area contributed by atoms with Gasteiger partial charge in [-0.3, -0.25) is 9.69 Å². The van der Waals surface area contributed by atoms with Crippen molar-refractivity contribution in [2.75, 3.05) is 13.1 Å². The topological polar surface area (TPSA) is 52.6 Å². The molecule has 2 N–H and O–H groups in total. The number of nitrogens with one attached hydrogen (secondary N) is 1. The van der Waals surface area contributed by atoms with Gasteiger partial charge in [-0.2, -0.15) is 0 Å². The van der Waals surface area contributed by atoms with Gasteiger partial charge in [0.15, 0.2) is 0 Å². The first-order chi connectivity index (χ1) is 8.21. The molecule has 1 fully saturated rings. The lowest BCUT2D eigenvalue weighted by molar-refractivity contribution is -0.124. The highest BCUT2D eigenvalue weighted by Gasteiger charge is 2.36. The highest BCUT2D eigenvalue weighted by molar-refractivity contribution is 5.78. The molecule has 2 unspecified atom stereocenters. The molecule has 106 valence electrons. The van der Waals surface area contributed by atoms with Crippen LogP contribution in [0, 0.1) is 5.92 Å². The molecule has 0 aromatic rings. The van der Waals surface area contributed by atoms with E-state index in [1.807, 2.05) is 20.8 Å². The van der Waals surface area contributed by atoms with Crippen molar-refractivity contribution in [3.8, 4) is 0 Å². The van der Waals surface area contributed by atoms with Gasteiger partial charge in [-0.05, 0) is 46.1 Å². The van der Waals surface area contributed by atoms with Gasteiger partial charge in [-0.1, -0.05) is 13.8 Å². The highest BCUT2D eigenvalue weighted by Crippen LogP contribution is 2.26. The van der Waals surface area contributed by atoms with Crippen LogP contribution >= 0.6 is 0 Å². The second-order valence-corrected chi connectivity index (χ2v) is 6.38. The maximum atomic E-state index is 12.0.